The minimum Gasteiger partial charge on any atom is -0.497 e. The van der Waals surface area contributed by atoms with Crippen molar-refractivity contribution in [1.82, 2.24) is 14.7 Å². The van der Waals surface area contributed by atoms with Crippen LogP contribution in [0.15, 0.2) is 60.1 Å². The predicted molar refractivity (Wildman–Crippen MR) is 115 cm³/mol. The molecule has 0 aliphatic rings. The average Bonchev–Trinajstić information content (AvgIpc) is 3.28. The highest BCUT2D eigenvalue weighted by atomic mass is 127. The zero-order valence-corrected chi connectivity index (χ0v) is 17.5. The third-order valence-electron chi connectivity index (χ3n) is 4.17. The standard InChI is InChI=1S/C20H16IN3O2S/c1-26-16-4-2-3-14(9-16)17-11-24-18(12-27-20(24)23-17)19(25)22-10-13-5-7-15(21)8-6-13/h2-9,11-12H,10H2,1H3,(H,22,25). The highest BCUT2D eigenvalue weighted by Crippen LogP contribution is 2.26. The lowest BCUT2D eigenvalue weighted by molar-refractivity contribution is 0.0945. The minimum absolute atomic E-state index is 0.116. The second-order valence-electron chi connectivity index (χ2n) is 5.94. The first-order valence-electron chi connectivity index (χ1n) is 8.28. The number of thiazole rings is 1. The van der Waals surface area contributed by atoms with Gasteiger partial charge in [0.25, 0.3) is 5.91 Å². The molecule has 0 aliphatic heterocycles. The molecule has 0 unspecified atom stereocenters. The summed E-state index contributed by atoms with van der Waals surface area (Å²) >= 11 is 3.71. The van der Waals surface area contributed by atoms with Crippen LogP contribution in [0.25, 0.3) is 16.2 Å². The summed E-state index contributed by atoms with van der Waals surface area (Å²) in [6, 6.07) is 15.8. The van der Waals surface area contributed by atoms with E-state index < -0.39 is 0 Å². The first-order valence-corrected chi connectivity index (χ1v) is 10.2. The highest BCUT2D eigenvalue weighted by molar-refractivity contribution is 14.1. The van der Waals surface area contributed by atoms with Gasteiger partial charge < -0.3 is 10.1 Å². The zero-order chi connectivity index (χ0) is 18.8. The zero-order valence-electron chi connectivity index (χ0n) is 14.5. The van der Waals surface area contributed by atoms with Gasteiger partial charge in [-0.1, -0.05) is 24.3 Å². The van der Waals surface area contributed by atoms with Gasteiger partial charge in [-0.25, -0.2) is 4.98 Å². The predicted octanol–water partition coefficient (Wildman–Crippen LogP) is 4.61. The molecule has 4 rings (SSSR count). The van der Waals surface area contributed by atoms with Crippen molar-refractivity contribution in [2.24, 2.45) is 0 Å². The average molecular weight is 489 g/mol. The van der Waals surface area contributed by atoms with Gasteiger partial charge in [-0.2, -0.15) is 0 Å². The first kappa shape index (κ1) is 18.0. The molecule has 136 valence electrons. The lowest BCUT2D eigenvalue weighted by Crippen LogP contribution is -2.23. The fourth-order valence-corrected chi connectivity index (χ4v) is 3.96. The Kier molecular flexibility index (Phi) is 5.13. The fraction of sp³-hybridized carbons (Fsp3) is 0.100. The van der Waals surface area contributed by atoms with E-state index in [-0.39, 0.29) is 5.91 Å². The van der Waals surface area contributed by atoms with E-state index in [1.54, 1.807) is 7.11 Å². The van der Waals surface area contributed by atoms with E-state index in [9.17, 15) is 4.79 Å². The number of ether oxygens (including phenoxy) is 1. The van der Waals surface area contributed by atoms with Crippen molar-refractivity contribution in [3.63, 3.8) is 0 Å². The van der Waals surface area contributed by atoms with Crippen molar-refractivity contribution in [2.45, 2.75) is 6.54 Å². The number of carbonyl (C=O) groups excluding carboxylic acids is 1. The molecule has 0 radical (unpaired) electrons. The van der Waals surface area contributed by atoms with Crippen LogP contribution in [0.4, 0.5) is 0 Å². The maximum Gasteiger partial charge on any atom is 0.269 e. The molecule has 2 aromatic heterocycles. The molecule has 2 heterocycles. The second-order valence-corrected chi connectivity index (χ2v) is 8.02. The van der Waals surface area contributed by atoms with Crippen LogP contribution in [0, 0.1) is 3.57 Å². The van der Waals surface area contributed by atoms with Gasteiger partial charge in [0, 0.05) is 27.3 Å². The number of hydrogen-bond acceptors (Lipinski definition) is 4. The molecule has 27 heavy (non-hydrogen) atoms. The number of hydrogen-bond donors (Lipinski definition) is 1. The van der Waals surface area contributed by atoms with Gasteiger partial charge in [0.15, 0.2) is 4.96 Å². The number of rotatable bonds is 5. The SMILES string of the molecule is COc1cccc(-c2cn3c(C(=O)NCc4ccc(I)cc4)csc3n2)c1. The Hall–Kier alpha value is -2.39. The number of nitrogens with zero attached hydrogens (tertiary/aromatic N) is 2. The van der Waals surface area contributed by atoms with Gasteiger partial charge in [-0.15, -0.1) is 11.3 Å². The molecule has 0 bridgehead atoms. The smallest absolute Gasteiger partial charge is 0.269 e. The van der Waals surface area contributed by atoms with E-state index in [2.05, 4.69) is 32.9 Å². The van der Waals surface area contributed by atoms with Crippen LogP contribution in [0.5, 0.6) is 5.75 Å². The lowest BCUT2D eigenvalue weighted by atomic mass is 10.1. The van der Waals surface area contributed by atoms with E-state index >= 15 is 0 Å². The van der Waals surface area contributed by atoms with Gasteiger partial charge in [0.05, 0.1) is 12.8 Å². The summed E-state index contributed by atoms with van der Waals surface area (Å²) in [6.07, 6.45) is 1.89. The number of benzene rings is 2. The van der Waals surface area contributed by atoms with Crippen molar-refractivity contribution in [2.75, 3.05) is 7.11 Å². The maximum absolute atomic E-state index is 12.6. The van der Waals surface area contributed by atoms with Gasteiger partial charge in [0.1, 0.15) is 11.4 Å². The van der Waals surface area contributed by atoms with Crippen LogP contribution < -0.4 is 10.1 Å². The molecule has 0 saturated carbocycles. The summed E-state index contributed by atoms with van der Waals surface area (Å²) < 4.78 is 8.29. The largest absolute Gasteiger partial charge is 0.497 e. The van der Waals surface area contributed by atoms with Crippen LogP contribution in [0.3, 0.4) is 0 Å². The third-order valence-corrected chi connectivity index (χ3v) is 5.73. The summed E-state index contributed by atoms with van der Waals surface area (Å²) in [4.78, 5) is 18.1. The van der Waals surface area contributed by atoms with Gasteiger partial charge in [-0.3, -0.25) is 9.20 Å². The van der Waals surface area contributed by atoms with Crippen LogP contribution in [-0.2, 0) is 6.54 Å². The molecular weight excluding hydrogens is 473 g/mol. The van der Waals surface area contributed by atoms with Crippen LogP contribution in [0.1, 0.15) is 16.1 Å². The van der Waals surface area contributed by atoms with Crippen LogP contribution >= 0.6 is 33.9 Å². The fourth-order valence-electron chi connectivity index (χ4n) is 2.74. The van der Waals surface area contributed by atoms with Gasteiger partial charge >= 0.3 is 0 Å². The highest BCUT2D eigenvalue weighted by Gasteiger charge is 2.15. The number of carbonyl (C=O) groups is 1. The summed E-state index contributed by atoms with van der Waals surface area (Å²) in [5.74, 6) is 0.661. The van der Waals surface area contributed by atoms with E-state index in [1.165, 1.54) is 14.9 Å². The van der Waals surface area contributed by atoms with Crippen molar-refractivity contribution in [1.29, 1.82) is 0 Å². The molecular formula is C20H16IN3O2S. The Balaban J connectivity index is 1.56. The van der Waals surface area contributed by atoms with Gasteiger partial charge in [-0.05, 0) is 52.4 Å². The van der Waals surface area contributed by atoms with Crippen molar-refractivity contribution >= 4 is 44.8 Å². The van der Waals surface area contributed by atoms with E-state index in [1.807, 2.05) is 64.5 Å². The summed E-state index contributed by atoms with van der Waals surface area (Å²) in [5.41, 5.74) is 3.42. The Bertz CT molecular complexity index is 1100. The second kappa shape index (κ2) is 7.69. The lowest BCUT2D eigenvalue weighted by Gasteiger charge is -2.05. The molecule has 0 fully saturated rings. The van der Waals surface area contributed by atoms with E-state index in [0.717, 1.165) is 27.5 Å². The Morgan fingerprint density at radius 1 is 1.26 bits per heavy atom. The number of imidazole rings is 1. The molecule has 0 aliphatic carbocycles. The first-order chi connectivity index (χ1) is 13.1. The number of amides is 1. The van der Waals surface area contributed by atoms with Crippen LogP contribution in [0.2, 0.25) is 0 Å². The Labute approximate surface area is 174 Å². The Morgan fingerprint density at radius 2 is 2.07 bits per heavy atom. The van der Waals surface area contributed by atoms with Crippen molar-refractivity contribution in [3.8, 4) is 17.0 Å². The number of aromatic nitrogens is 2. The van der Waals surface area contributed by atoms with E-state index in [0.29, 0.717) is 12.2 Å². The van der Waals surface area contributed by atoms with E-state index in [4.69, 9.17) is 4.74 Å². The topological polar surface area (TPSA) is 55.6 Å². The normalized spacial score (nSPS) is 10.9. The van der Waals surface area contributed by atoms with Crippen molar-refractivity contribution in [3.05, 3.63) is 74.9 Å². The third kappa shape index (κ3) is 3.84. The molecule has 0 atom stereocenters. The van der Waals surface area contributed by atoms with Gasteiger partial charge in [0.2, 0.25) is 0 Å². The molecule has 4 aromatic rings. The van der Waals surface area contributed by atoms with Crippen LogP contribution in [-0.4, -0.2) is 22.4 Å². The quantitative estimate of drug-likeness (QED) is 0.417. The monoisotopic (exact) mass is 489 g/mol. The molecule has 1 N–H and O–H groups in total. The molecule has 5 nitrogen and oxygen atoms in total. The molecule has 0 saturated heterocycles. The Morgan fingerprint density at radius 3 is 2.85 bits per heavy atom. The number of methoxy groups -OCH3 is 1. The number of fused-ring (bicyclic) bond motifs is 1. The molecule has 0 spiro atoms. The number of halogens is 1. The summed E-state index contributed by atoms with van der Waals surface area (Å²) in [5, 5.41) is 4.81. The number of nitrogens with one attached hydrogen (secondary N) is 1. The minimum atomic E-state index is -0.116. The van der Waals surface area contributed by atoms with Crippen molar-refractivity contribution < 1.29 is 9.53 Å². The molecule has 2 aromatic carbocycles. The maximum atomic E-state index is 12.6. The molecule has 1 amide bonds. The molecule has 7 heteroatoms. The summed E-state index contributed by atoms with van der Waals surface area (Å²) in [7, 11) is 1.64. The summed E-state index contributed by atoms with van der Waals surface area (Å²) in [6.45, 7) is 0.491.